The van der Waals surface area contributed by atoms with Gasteiger partial charge in [0.05, 0.1) is 5.75 Å². The molecule has 0 radical (unpaired) electrons. The van der Waals surface area contributed by atoms with Crippen molar-refractivity contribution >= 4 is 23.3 Å². The minimum Gasteiger partial charge on any atom is -0.366 e. The zero-order chi connectivity index (χ0) is 18.7. The van der Waals surface area contributed by atoms with Crippen molar-refractivity contribution in [2.24, 2.45) is 4.99 Å². The standard InChI is InChI=1S/C14H15F7N2S/c1-8-4-9(15)10(5-11(8)24-7-14(19,20)21)22-12(23(2)3)6-13(16,17)18/h4-5H,6-7H2,1-3H3/b22-12-. The quantitative estimate of drug-likeness (QED) is 0.305. The molecule has 2 nitrogen and oxygen atoms in total. The van der Waals surface area contributed by atoms with Gasteiger partial charge in [-0.1, -0.05) is 0 Å². The van der Waals surface area contributed by atoms with E-state index in [1.165, 1.54) is 21.0 Å². The lowest BCUT2D eigenvalue weighted by molar-refractivity contribution is -0.122. The van der Waals surface area contributed by atoms with Gasteiger partial charge in [-0.2, -0.15) is 26.3 Å². The van der Waals surface area contributed by atoms with Crippen molar-refractivity contribution in [3.05, 3.63) is 23.5 Å². The third-order valence-electron chi connectivity index (χ3n) is 2.76. The Hall–Kier alpha value is -1.45. The average molecular weight is 376 g/mol. The van der Waals surface area contributed by atoms with Gasteiger partial charge in [-0.3, -0.25) is 0 Å². The normalized spacial score (nSPS) is 13.3. The fourth-order valence-electron chi connectivity index (χ4n) is 1.66. The van der Waals surface area contributed by atoms with Gasteiger partial charge in [0.15, 0.2) is 0 Å². The SMILES string of the molecule is Cc1cc(F)c(/N=C(/CC(F)(F)F)N(C)C)cc1SCC(F)(F)F. The number of aryl methyl sites for hydroxylation is 1. The largest absolute Gasteiger partial charge is 0.398 e. The molecule has 1 aromatic rings. The molecule has 24 heavy (non-hydrogen) atoms. The van der Waals surface area contributed by atoms with Crippen LogP contribution in [0.25, 0.3) is 0 Å². The molecule has 10 heteroatoms. The van der Waals surface area contributed by atoms with E-state index in [0.717, 1.165) is 17.0 Å². The zero-order valence-corrected chi connectivity index (χ0v) is 13.8. The monoisotopic (exact) mass is 376 g/mol. The van der Waals surface area contributed by atoms with E-state index in [-0.39, 0.29) is 10.5 Å². The van der Waals surface area contributed by atoms with Crippen molar-refractivity contribution in [1.82, 2.24) is 4.90 Å². The van der Waals surface area contributed by atoms with Crippen LogP contribution >= 0.6 is 11.8 Å². The molecule has 0 bridgehead atoms. The van der Waals surface area contributed by atoms with Gasteiger partial charge in [0, 0.05) is 19.0 Å². The Morgan fingerprint density at radius 3 is 2.12 bits per heavy atom. The predicted molar refractivity (Wildman–Crippen MR) is 79.4 cm³/mol. The average Bonchev–Trinajstić information content (AvgIpc) is 2.36. The second kappa shape index (κ2) is 7.62. The van der Waals surface area contributed by atoms with Crippen LogP contribution in [0.5, 0.6) is 0 Å². The van der Waals surface area contributed by atoms with E-state index in [2.05, 4.69) is 4.99 Å². The third kappa shape index (κ3) is 6.98. The van der Waals surface area contributed by atoms with E-state index in [9.17, 15) is 30.7 Å². The lowest BCUT2D eigenvalue weighted by atomic mass is 10.2. The highest BCUT2D eigenvalue weighted by Gasteiger charge is 2.31. The van der Waals surface area contributed by atoms with E-state index in [1.54, 1.807) is 0 Å². The van der Waals surface area contributed by atoms with Crippen molar-refractivity contribution in [3.8, 4) is 0 Å². The number of nitrogens with zero attached hydrogens (tertiary/aromatic N) is 2. The van der Waals surface area contributed by atoms with Crippen LogP contribution in [0, 0.1) is 12.7 Å². The molecule has 0 N–H and O–H groups in total. The molecule has 0 spiro atoms. The van der Waals surface area contributed by atoms with Crippen LogP contribution in [0.15, 0.2) is 22.0 Å². The zero-order valence-electron chi connectivity index (χ0n) is 13.0. The van der Waals surface area contributed by atoms with Crippen molar-refractivity contribution in [2.45, 2.75) is 30.6 Å². The number of halogens is 7. The number of thioether (sulfide) groups is 1. The first kappa shape index (κ1) is 20.6. The van der Waals surface area contributed by atoms with E-state index < -0.39 is 41.9 Å². The van der Waals surface area contributed by atoms with E-state index in [1.807, 2.05) is 0 Å². The highest BCUT2D eigenvalue weighted by Crippen LogP contribution is 2.34. The first-order chi connectivity index (χ1) is 10.8. The maximum absolute atomic E-state index is 13.9. The van der Waals surface area contributed by atoms with Crippen molar-refractivity contribution in [1.29, 1.82) is 0 Å². The van der Waals surface area contributed by atoms with Crippen LogP contribution in [0.4, 0.5) is 36.4 Å². The first-order valence-corrected chi connectivity index (χ1v) is 7.58. The summed E-state index contributed by atoms with van der Waals surface area (Å²) in [6.07, 6.45) is -10.3. The Morgan fingerprint density at radius 1 is 1.08 bits per heavy atom. The Kier molecular flexibility index (Phi) is 6.54. The van der Waals surface area contributed by atoms with Gasteiger partial charge in [-0.15, -0.1) is 11.8 Å². The lowest BCUT2D eigenvalue weighted by Crippen LogP contribution is -2.27. The lowest BCUT2D eigenvalue weighted by Gasteiger charge is -2.18. The van der Waals surface area contributed by atoms with Gasteiger partial charge in [0.1, 0.15) is 23.8 Å². The maximum atomic E-state index is 13.9. The fourth-order valence-corrected chi connectivity index (χ4v) is 2.46. The highest BCUT2D eigenvalue weighted by atomic mass is 32.2. The third-order valence-corrected chi connectivity index (χ3v) is 3.98. The number of hydrogen-bond acceptors (Lipinski definition) is 2. The van der Waals surface area contributed by atoms with Crippen LogP contribution in [0.1, 0.15) is 12.0 Å². The Balaban J connectivity index is 3.19. The first-order valence-electron chi connectivity index (χ1n) is 6.60. The molecule has 0 atom stereocenters. The molecule has 0 aliphatic rings. The number of rotatable bonds is 4. The Labute approximate surface area is 138 Å². The van der Waals surface area contributed by atoms with Gasteiger partial charge in [0.25, 0.3) is 0 Å². The molecule has 136 valence electrons. The van der Waals surface area contributed by atoms with Gasteiger partial charge in [-0.05, 0) is 24.6 Å². The summed E-state index contributed by atoms with van der Waals surface area (Å²) in [5.41, 5.74) is -0.179. The molecule has 0 amide bonds. The van der Waals surface area contributed by atoms with Gasteiger partial charge in [-0.25, -0.2) is 9.38 Å². The summed E-state index contributed by atoms with van der Waals surface area (Å²) < 4.78 is 88.4. The molecule has 0 aliphatic carbocycles. The van der Waals surface area contributed by atoms with E-state index >= 15 is 0 Å². The molecule has 1 aromatic carbocycles. The summed E-state index contributed by atoms with van der Waals surface area (Å²) in [5, 5.41) is 0. The minimum absolute atomic E-state index is 0.109. The Bertz CT molecular complexity index is 606. The van der Waals surface area contributed by atoms with Crippen LogP contribution < -0.4 is 0 Å². The molecular formula is C14H15F7N2S. The summed E-state index contributed by atoms with van der Waals surface area (Å²) in [6, 6.07) is 1.99. The smallest absolute Gasteiger partial charge is 0.366 e. The molecule has 0 aromatic heterocycles. The van der Waals surface area contributed by atoms with Crippen molar-refractivity contribution in [2.75, 3.05) is 19.8 Å². The number of aliphatic imine (C=N–C) groups is 1. The molecular weight excluding hydrogens is 361 g/mol. The van der Waals surface area contributed by atoms with Crippen LogP contribution in [0.2, 0.25) is 0 Å². The molecule has 0 fully saturated rings. The Morgan fingerprint density at radius 2 is 1.67 bits per heavy atom. The van der Waals surface area contributed by atoms with Gasteiger partial charge < -0.3 is 4.90 Å². The summed E-state index contributed by atoms with van der Waals surface area (Å²) >= 11 is 0.429. The molecule has 1 rings (SSSR count). The maximum Gasteiger partial charge on any atom is 0.398 e. The number of amidine groups is 1. The summed E-state index contributed by atoms with van der Waals surface area (Å²) in [5.74, 6) is -2.53. The van der Waals surface area contributed by atoms with Crippen LogP contribution in [0.3, 0.4) is 0 Å². The van der Waals surface area contributed by atoms with Crippen LogP contribution in [-0.2, 0) is 0 Å². The topological polar surface area (TPSA) is 15.6 Å². The summed E-state index contributed by atoms with van der Waals surface area (Å²) in [7, 11) is 2.63. The summed E-state index contributed by atoms with van der Waals surface area (Å²) in [4.78, 5) is 4.83. The molecule has 0 aliphatic heterocycles. The minimum atomic E-state index is -4.54. The number of hydrogen-bond donors (Lipinski definition) is 0. The second-order valence-electron chi connectivity index (χ2n) is 5.19. The molecule has 0 saturated heterocycles. The predicted octanol–water partition coefficient (Wildman–Crippen LogP) is 5.33. The van der Waals surface area contributed by atoms with Crippen molar-refractivity contribution in [3.63, 3.8) is 0 Å². The highest BCUT2D eigenvalue weighted by molar-refractivity contribution is 7.99. The van der Waals surface area contributed by atoms with Gasteiger partial charge in [0.2, 0.25) is 0 Å². The van der Waals surface area contributed by atoms with Crippen LogP contribution in [-0.4, -0.2) is 42.9 Å². The fraction of sp³-hybridized carbons (Fsp3) is 0.500. The van der Waals surface area contributed by atoms with E-state index in [4.69, 9.17) is 0 Å². The number of alkyl halides is 6. The molecule has 0 unspecified atom stereocenters. The molecule has 0 heterocycles. The van der Waals surface area contributed by atoms with Gasteiger partial charge >= 0.3 is 12.4 Å². The summed E-state index contributed by atoms with van der Waals surface area (Å²) in [6.45, 7) is 1.41. The number of benzene rings is 1. The van der Waals surface area contributed by atoms with Crippen molar-refractivity contribution < 1.29 is 30.7 Å². The molecule has 0 saturated carbocycles. The van der Waals surface area contributed by atoms with E-state index in [0.29, 0.717) is 11.8 Å². The second-order valence-corrected chi connectivity index (χ2v) is 6.20.